The van der Waals surface area contributed by atoms with Crippen molar-refractivity contribution in [3.63, 3.8) is 0 Å². The minimum atomic E-state index is -0.240. The molecule has 0 saturated heterocycles. The molecule has 132 valence electrons. The van der Waals surface area contributed by atoms with Gasteiger partial charge in [0, 0.05) is 26.2 Å². The van der Waals surface area contributed by atoms with Crippen molar-refractivity contribution in [2.24, 2.45) is 0 Å². The highest BCUT2D eigenvalue weighted by molar-refractivity contribution is 5.97. The predicted molar refractivity (Wildman–Crippen MR) is 97.8 cm³/mol. The Morgan fingerprint density at radius 2 is 1.76 bits per heavy atom. The van der Waals surface area contributed by atoms with Crippen molar-refractivity contribution in [1.29, 1.82) is 0 Å². The SMILES string of the molecule is CNC(=O)c1ccc(CN(C)C(=O)c2cc(C(C)C)ccc2O)cc1. The number of benzene rings is 2. The zero-order chi connectivity index (χ0) is 18.6. The Balaban J connectivity index is 2.15. The fraction of sp³-hybridized carbons (Fsp3) is 0.300. The molecule has 0 aliphatic carbocycles. The molecular formula is C20H24N2O3. The van der Waals surface area contributed by atoms with Crippen molar-refractivity contribution in [1.82, 2.24) is 10.2 Å². The predicted octanol–water partition coefficient (Wildman–Crippen LogP) is 3.15. The molecule has 0 bridgehead atoms. The van der Waals surface area contributed by atoms with Crippen LogP contribution in [0.3, 0.4) is 0 Å². The van der Waals surface area contributed by atoms with Gasteiger partial charge in [-0.2, -0.15) is 0 Å². The first-order valence-electron chi connectivity index (χ1n) is 8.23. The number of aromatic hydroxyl groups is 1. The van der Waals surface area contributed by atoms with E-state index in [1.54, 1.807) is 43.3 Å². The van der Waals surface area contributed by atoms with Gasteiger partial charge in [-0.15, -0.1) is 0 Å². The summed E-state index contributed by atoms with van der Waals surface area (Å²) in [5.74, 6) is -0.132. The van der Waals surface area contributed by atoms with Crippen molar-refractivity contribution in [3.05, 3.63) is 64.7 Å². The minimum absolute atomic E-state index is 0.0174. The van der Waals surface area contributed by atoms with Gasteiger partial charge in [0.15, 0.2) is 0 Å². The number of rotatable bonds is 5. The lowest BCUT2D eigenvalue weighted by Crippen LogP contribution is -2.26. The van der Waals surface area contributed by atoms with E-state index >= 15 is 0 Å². The van der Waals surface area contributed by atoms with Crippen molar-refractivity contribution in [3.8, 4) is 5.75 Å². The summed E-state index contributed by atoms with van der Waals surface area (Å²) in [6.45, 7) is 4.47. The van der Waals surface area contributed by atoms with Crippen molar-refractivity contribution in [2.45, 2.75) is 26.3 Å². The van der Waals surface area contributed by atoms with Gasteiger partial charge in [0.1, 0.15) is 5.75 Å². The van der Waals surface area contributed by atoms with Crippen LogP contribution in [-0.2, 0) is 6.54 Å². The average molecular weight is 340 g/mol. The Morgan fingerprint density at radius 1 is 1.12 bits per heavy atom. The molecule has 0 radical (unpaired) electrons. The lowest BCUT2D eigenvalue weighted by atomic mass is 9.99. The van der Waals surface area contributed by atoms with E-state index in [9.17, 15) is 14.7 Å². The molecule has 5 heteroatoms. The molecular weight excluding hydrogens is 316 g/mol. The van der Waals surface area contributed by atoms with Gasteiger partial charge in [0.25, 0.3) is 11.8 Å². The Labute approximate surface area is 148 Å². The van der Waals surface area contributed by atoms with Crippen molar-refractivity contribution in [2.75, 3.05) is 14.1 Å². The van der Waals surface area contributed by atoms with Gasteiger partial charge in [-0.1, -0.05) is 32.0 Å². The van der Waals surface area contributed by atoms with Crippen LogP contribution < -0.4 is 5.32 Å². The van der Waals surface area contributed by atoms with Crippen LogP contribution in [0.4, 0.5) is 0 Å². The van der Waals surface area contributed by atoms with Crippen LogP contribution in [0.2, 0.25) is 0 Å². The van der Waals surface area contributed by atoms with Gasteiger partial charge >= 0.3 is 0 Å². The lowest BCUT2D eigenvalue weighted by molar-refractivity contribution is 0.0781. The highest BCUT2D eigenvalue weighted by Gasteiger charge is 2.17. The topological polar surface area (TPSA) is 69.6 Å². The molecule has 2 rings (SSSR count). The van der Waals surface area contributed by atoms with Crippen LogP contribution >= 0.6 is 0 Å². The first-order valence-corrected chi connectivity index (χ1v) is 8.23. The number of nitrogens with one attached hydrogen (secondary N) is 1. The number of carbonyl (C=O) groups excluding carboxylic acids is 2. The number of carbonyl (C=O) groups is 2. The normalized spacial score (nSPS) is 10.6. The maximum Gasteiger partial charge on any atom is 0.257 e. The molecule has 0 heterocycles. The van der Waals surface area contributed by atoms with Crippen LogP contribution in [0, 0.1) is 0 Å². The number of amides is 2. The largest absolute Gasteiger partial charge is 0.507 e. The van der Waals surface area contributed by atoms with Crippen LogP contribution in [-0.4, -0.2) is 35.9 Å². The summed E-state index contributed by atoms with van der Waals surface area (Å²) in [7, 11) is 3.27. The summed E-state index contributed by atoms with van der Waals surface area (Å²) in [6.07, 6.45) is 0. The van der Waals surface area contributed by atoms with Gasteiger partial charge in [0.05, 0.1) is 5.56 Å². The van der Waals surface area contributed by atoms with Crippen LogP contribution in [0.25, 0.3) is 0 Å². The molecule has 0 saturated carbocycles. The maximum atomic E-state index is 12.7. The maximum absolute atomic E-state index is 12.7. The lowest BCUT2D eigenvalue weighted by Gasteiger charge is -2.19. The molecule has 0 aliphatic rings. The number of nitrogens with zero attached hydrogens (tertiary/aromatic N) is 1. The zero-order valence-corrected chi connectivity index (χ0v) is 15.0. The molecule has 0 fully saturated rings. The van der Waals surface area contributed by atoms with Crippen LogP contribution in [0.5, 0.6) is 5.75 Å². The van der Waals surface area contributed by atoms with E-state index in [-0.39, 0.29) is 23.5 Å². The molecule has 0 aliphatic heterocycles. The second-order valence-corrected chi connectivity index (χ2v) is 6.37. The summed E-state index contributed by atoms with van der Waals surface area (Å²) in [5.41, 5.74) is 2.78. The van der Waals surface area contributed by atoms with Gasteiger partial charge in [-0.25, -0.2) is 0 Å². The Kier molecular flexibility index (Phi) is 5.80. The van der Waals surface area contributed by atoms with E-state index < -0.39 is 0 Å². The molecule has 2 aromatic rings. The molecule has 2 aromatic carbocycles. The Bertz CT molecular complexity index is 767. The smallest absolute Gasteiger partial charge is 0.257 e. The minimum Gasteiger partial charge on any atom is -0.507 e. The van der Waals surface area contributed by atoms with Crippen molar-refractivity contribution >= 4 is 11.8 Å². The second kappa shape index (κ2) is 7.83. The molecule has 0 aromatic heterocycles. The van der Waals surface area contributed by atoms with Crippen LogP contribution in [0.15, 0.2) is 42.5 Å². The summed E-state index contributed by atoms with van der Waals surface area (Å²) in [6, 6.07) is 12.2. The molecule has 2 N–H and O–H groups in total. The van der Waals surface area contributed by atoms with Gasteiger partial charge in [0.2, 0.25) is 0 Å². The van der Waals surface area contributed by atoms with E-state index in [2.05, 4.69) is 5.32 Å². The number of hydrogen-bond donors (Lipinski definition) is 2. The zero-order valence-electron chi connectivity index (χ0n) is 15.0. The summed E-state index contributed by atoms with van der Waals surface area (Å²) in [5, 5.41) is 12.6. The molecule has 0 spiro atoms. The molecule has 0 atom stereocenters. The summed E-state index contributed by atoms with van der Waals surface area (Å²) >= 11 is 0. The first-order chi connectivity index (χ1) is 11.8. The average Bonchev–Trinajstić information content (AvgIpc) is 2.61. The standard InChI is InChI=1S/C20H24N2O3/c1-13(2)16-9-10-18(23)17(11-16)20(25)22(4)12-14-5-7-15(8-6-14)19(24)21-3/h5-11,13,23H,12H2,1-4H3,(H,21,24). The van der Waals surface area contributed by atoms with Gasteiger partial charge in [-0.3, -0.25) is 9.59 Å². The Hall–Kier alpha value is -2.82. The van der Waals surface area contributed by atoms with Crippen LogP contribution in [0.1, 0.15) is 51.6 Å². The first kappa shape index (κ1) is 18.5. The second-order valence-electron chi connectivity index (χ2n) is 6.37. The molecule has 25 heavy (non-hydrogen) atoms. The van der Waals surface area contributed by atoms with E-state index in [4.69, 9.17) is 0 Å². The van der Waals surface area contributed by atoms with E-state index in [0.717, 1.165) is 11.1 Å². The van der Waals surface area contributed by atoms with E-state index in [1.165, 1.54) is 0 Å². The molecule has 5 nitrogen and oxygen atoms in total. The summed E-state index contributed by atoms with van der Waals surface area (Å²) in [4.78, 5) is 25.8. The quantitative estimate of drug-likeness (QED) is 0.878. The number of phenolic OH excluding ortho intramolecular Hbond substituents is 1. The van der Waals surface area contributed by atoms with E-state index in [0.29, 0.717) is 17.7 Å². The molecule has 2 amide bonds. The third kappa shape index (κ3) is 4.38. The number of hydrogen-bond acceptors (Lipinski definition) is 3. The fourth-order valence-corrected chi connectivity index (χ4v) is 2.54. The summed E-state index contributed by atoms with van der Waals surface area (Å²) < 4.78 is 0. The monoisotopic (exact) mass is 340 g/mol. The molecule has 0 unspecified atom stereocenters. The highest BCUT2D eigenvalue weighted by atomic mass is 16.3. The van der Waals surface area contributed by atoms with E-state index in [1.807, 2.05) is 32.0 Å². The third-order valence-electron chi connectivity index (χ3n) is 4.13. The number of phenols is 1. The third-order valence-corrected chi connectivity index (χ3v) is 4.13. The Morgan fingerprint density at radius 3 is 2.32 bits per heavy atom. The van der Waals surface area contributed by atoms with Gasteiger partial charge in [-0.05, 0) is 41.3 Å². The van der Waals surface area contributed by atoms with Gasteiger partial charge < -0.3 is 15.3 Å². The highest BCUT2D eigenvalue weighted by Crippen LogP contribution is 2.24. The fourth-order valence-electron chi connectivity index (χ4n) is 2.54. The van der Waals surface area contributed by atoms with Crippen molar-refractivity contribution < 1.29 is 14.7 Å².